The van der Waals surface area contributed by atoms with Gasteiger partial charge in [0, 0.05) is 11.8 Å². The fourth-order valence-corrected chi connectivity index (χ4v) is 8.63. The molecule has 0 spiro atoms. The topological polar surface area (TPSA) is 180 Å². The van der Waals surface area contributed by atoms with E-state index in [9.17, 15) is 29.4 Å². The van der Waals surface area contributed by atoms with Gasteiger partial charge in [0.05, 0.1) is 5.71 Å². The second kappa shape index (κ2) is 12.9. The number of aliphatic hydroxyl groups is 1. The summed E-state index contributed by atoms with van der Waals surface area (Å²) >= 11 is 0. The lowest BCUT2D eigenvalue weighted by Gasteiger charge is -2.58. The van der Waals surface area contributed by atoms with E-state index in [1.165, 1.54) is 5.57 Å². The summed E-state index contributed by atoms with van der Waals surface area (Å²) in [6.45, 7) is 7.61. The number of nitrogens with zero attached hydrogens (tertiary/aromatic N) is 1. The van der Waals surface area contributed by atoms with Gasteiger partial charge in [-0.3, -0.25) is 14.4 Å². The first kappa shape index (κ1) is 33.5. The molecule has 0 bridgehead atoms. The second-order valence-corrected chi connectivity index (χ2v) is 14.1. The van der Waals surface area contributed by atoms with Crippen molar-refractivity contribution in [3.8, 4) is 12.3 Å². The highest BCUT2D eigenvalue weighted by Crippen LogP contribution is 2.67. The van der Waals surface area contributed by atoms with Crippen LogP contribution in [0, 0.1) is 46.8 Å². The smallest absolute Gasteiger partial charge is 0.326 e. The molecule has 0 heterocycles. The minimum Gasteiger partial charge on any atom is -0.480 e. The SMILES string of the molecule is C#C[C@@]1(O)CCC2[C@@H]3CCC4=C/C(=N/OCC(=O)NC(C(=O)NC(CCC(N)=O)C(=O)O)C(C)C)CC[C@]4(C)C3CC[C@@]21C. The van der Waals surface area contributed by atoms with E-state index in [0.717, 1.165) is 50.7 Å². The molecule has 11 nitrogen and oxygen atoms in total. The van der Waals surface area contributed by atoms with Crippen molar-refractivity contribution in [2.24, 2.45) is 45.4 Å². The number of amides is 3. The summed E-state index contributed by atoms with van der Waals surface area (Å²) in [5.41, 5.74) is 6.07. The highest BCUT2D eigenvalue weighted by molar-refractivity contribution is 5.96. The van der Waals surface area contributed by atoms with Crippen LogP contribution in [0.1, 0.15) is 91.9 Å². The number of allylic oxidation sites excluding steroid dienone is 2. The molecule has 44 heavy (non-hydrogen) atoms. The van der Waals surface area contributed by atoms with Gasteiger partial charge in [-0.05, 0) is 93.0 Å². The van der Waals surface area contributed by atoms with Gasteiger partial charge in [0.15, 0.2) is 6.61 Å². The molecule has 0 saturated heterocycles. The van der Waals surface area contributed by atoms with Crippen LogP contribution in [0.25, 0.3) is 0 Å². The first-order chi connectivity index (χ1) is 20.6. The van der Waals surface area contributed by atoms with Crippen LogP contribution in [-0.2, 0) is 24.0 Å². The van der Waals surface area contributed by atoms with Crippen LogP contribution in [0.4, 0.5) is 0 Å². The van der Waals surface area contributed by atoms with Crippen molar-refractivity contribution < 1.29 is 34.2 Å². The summed E-state index contributed by atoms with van der Waals surface area (Å²) in [6, 6.07) is -2.31. The van der Waals surface area contributed by atoms with E-state index in [1.54, 1.807) is 13.8 Å². The molecular weight excluding hydrogens is 564 g/mol. The summed E-state index contributed by atoms with van der Waals surface area (Å²) in [4.78, 5) is 53.4. The molecule has 11 heteroatoms. The third-order valence-corrected chi connectivity index (χ3v) is 11.3. The van der Waals surface area contributed by atoms with Crippen molar-refractivity contribution in [2.45, 2.75) is 110 Å². The Morgan fingerprint density at radius 1 is 1.11 bits per heavy atom. The lowest BCUT2D eigenvalue weighted by Crippen LogP contribution is -2.54. The van der Waals surface area contributed by atoms with Crippen molar-refractivity contribution in [3.05, 3.63) is 11.6 Å². The van der Waals surface area contributed by atoms with Crippen LogP contribution in [0.3, 0.4) is 0 Å². The molecule has 0 aromatic rings. The molecule has 3 amide bonds. The number of nitrogens with two attached hydrogens (primary N) is 1. The van der Waals surface area contributed by atoms with Gasteiger partial charge in [0.2, 0.25) is 11.8 Å². The normalized spacial score (nSPS) is 34.8. The zero-order valence-electron chi connectivity index (χ0n) is 26.4. The number of oxime groups is 1. The average Bonchev–Trinajstić information content (AvgIpc) is 3.24. The molecule has 6 N–H and O–H groups in total. The number of aliphatic carboxylic acids is 1. The van der Waals surface area contributed by atoms with Crippen molar-refractivity contribution in [3.63, 3.8) is 0 Å². The van der Waals surface area contributed by atoms with E-state index in [1.807, 2.05) is 0 Å². The second-order valence-electron chi connectivity index (χ2n) is 14.1. The van der Waals surface area contributed by atoms with E-state index in [-0.39, 0.29) is 29.6 Å². The number of primary amides is 1. The first-order valence-electron chi connectivity index (χ1n) is 15.9. The molecule has 0 aliphatic heterocycles. The molecule has 4 unspecified atom stereocenters. The number of fused-ring (bicyclic) bond motifs is 5. The summed E-state index contributed by atoms with van der Waals surface area (Å²) < 4.78 is 0. The Labute approximate surface area is 259 Å². The standard InChI is InChI=1S/C33H48N4O7/c1-6-33(43)16-13-24-22-8-7-20-17-21(11-14-31(20,4)23(22)12-15-32(24,33)5)37-44-18-27(39)36-28(19(2)3)29(40)35-25(30(41)42)9-10-26(34)38/h1,17,19,22-25,28,43H,7-16,18H2,2-5H3,(H2,34,38)(H,35,40)(H,36,39)(H,41,42)/b37-21+/t22-,23?,24?,25?,28?,31+,32+,33-/m1/s1. The zero-order chi connectivity index (χ0) is 32.4. The summed E-state index contributed by atoms with van der Waals surface area (Å²) in [7, 11) is 0. The van der Waals surface area contributed by atoms with Gasteiger partial charge in [-0.1, -0.05) is 44.3 Å². The van der Waals surface area contributed by atoms with Crippen molar-refractivity contribution >= 4 is 29.4 Å². The molecule has 3 fully saturated rings. The quantitative estimate of drug-likeness (QED) is 0.176. The van der Waals surface area contributed by atoms with Crippen molar-refractivity contribution in [1.29, 1.82) is 0 Å². The molecule has 4 aliphatic rings. The largest absolute Gasteiger partial charge is 0.480 e. The van der Waals surface area contributed by atoms with Gasteiger partial charge < -0.3 is 31.4 Å². The first-order valence-corrected chi connectivity index (χ1v) is 15.9. The number of rotatable bonds is 11. The Hall–Kier alpha value is -3.39. The van der Waals surface area contributed by atoms with E-state index in [0.29, 0.717) is 24.2 Å². The number of carbonyl (C=O) groups excluding carboxylic acids is 3. The van der Waals surface area contributed by atoms with Gasteiger partial charge in [-0.2, -0.15) is 0 Å². The minimum absolute atomic E-state index is 0.0561. The van der Waals surface area contributed by atoms with E-state index >= 15 is 0 Å². The van der Waals surface area contributed by atoms with E-state index in [4.69, 9.17) is 17.0 Å². The van der Waals surface area contributed by atoms with Crippen LogP contribution in [0.2, 0.25) is 0 Å². The molecule has 242 valence electrons. The summed E-state index contributed by atoms with van der Waals surface area (Å²) in [5.74, 6) is 0.706. The van der Waals surface area contributed by atoms with Crippen LogP contribution < -0.4 is 16.4 Å². The number of nitrogens with one attached hydrogen (secondary N) is 2. The molecule has 0 aromatic carbocycles. The predicted octanol–water partition coefficient (Wildman–Crippen LogP) is 2.66. The molecule has 4 aliphatic carbocycles. The number of hydrogen-bond donors (Lipinski definition) is 5. The van der Waals surface area contributed by atoms with Gasteiger partial charge >= 0.3 is 5.97 Å². The Kier molecular flexibility index (Phi) is 9.84. The molecule has 0 radical (unpaired) electrons. The Morgan fingerprint density at radius 3 is 2.45 bits per heavy atom. The molecule has 4 rings (SSSR count). The van der Waals surface area contributed by atoms with Gasteiger partial charge in [0.25, 0.3) is 5.91 Å². The predicted molar refractivity (Wildman–Crippen MR) is 164 cm³/mol. The number of carboxylic acids is 1. The lowest BCUT2D eigenvalue weighted by atomic mass is 9.46. The van der Waals surface area contributed by atoms with Gasteiger partial charge in [0.1, 0.15) is 17.7 Å². The lowest BCUT2D eigenvalue weighted by molar-refractivity contribution is -0.143. The third kappa shape index (κ3) is 6.37. The minimum atomic E-state index is -1.31. The maximum absolute atomic E-state index is 12.8. The fourth-order valence-electron chi connectivity index (χ4n) is 8.63. The van der Waals surface area contributed by atoms with E-state index < -0.39 is 48.0 Å². The number of hydrogen-bond acceptors (Lipinski definition) is 7. The molecule has 8 atom stereocenters. The molecular formula is C33H48N4O7. The molecule has 3 saturated carbocycles. The zero-order valence-corrected chi connectivity index (χ0v) is 26.4. The maximum Gasteiger partial charge on any atom is 0.326 e. The van der Waals surface area contributed by atoms with Crippen molar-refractivity contribution in [1.82, 2.24) is 10.6 Å². The summed E-state index contributed by atoms with van der Waals surface area (Å²) in [5, 5.41) is 29.9. The van der Waals surface area contributed by atoms with Crippen LogP contribution in [-0.4, -0.2) is 63.9 Å². The Balaban J connectivity index is 1.34. The highest BCUT2D eigenvalue weighted by atomic mass is 16.6. The third-order valence-electron chi connectivity index (χ3n) is 11.3. The van der Waals surface area contributed by atoms with Gasteiger partial charge in [-0.25, -0.2) is 4.79 Å². The number of carboxylic acid groups (broad SMARTS) is 1. The highest BCUT2D eigenvalue weighted by Gasteiger charge is 2.63. The maximum atomic E-state index is 12.8. The Morgan fingerprint density at radius 2 is 1.82 bits per heavy atom. The van der Waals surface area contributed by atoms with Gasteiger partial charge in [-0.15, -0.1) is 6.42 Å². The van der Waals surface area contributed by atoms with Crippen LogP contribution in [0.15, 0.2) is 16.8 Å². The monoisotopic (exact) mass is 612 g/mol. The van der Waals surface area contributed by atoms with E-state index in [2.05, 4.69) is 41.6 Å². The molecule has 0 aromatic heterocycles. The average molecular weight is 613 g/mol. The number of carbonyl (C=O) groups is 4. The van der Waals surface area contributed by atoms with Crippen molar-refractivity contribution in [2.75, 3.05) is 6.61 Å². The fraction of sp³-hybridized carbons (Fsp3) is 0.727. The number of terminal acetylenes is 1. The summed E-state index contributed by atoms with van der Waals surface area (Å²) in [6.07, 6.45) is 14.9. The van der Waals surface area contributed by atoms with Crippen LogP contribution >= 0.6 is 0 Å². The Bertz CT molecular complexity index is 1270. The van der Waals surface area contributed by atoms with Crippen LogP contribution in [0.5, 0.6) is 0 Å².